The summed E-state index contributed by atoms with van der Waals surface area (Å²) in [5.41, 5.74) is 2.87. The molecule has 11 heteroatoms. The molecule has 0 spiro atoms. The summed E-state index contributed by atoms with van der Waals surface area (Å²) in [4.78, 5) is 33.4. The minimum atomic E-state index is -0.403. The molecule has 2 fully saturated rings. The molecule has 4 heterocycles. The first-order valence-electron chi connectivity index (χ1n) is 14.5. The van der Waals surface area contributed by atoms with E-state index in [-0.39, 0.29) is 29.8 Å². The first-order valence-corrected chi connectivity index (χ1v) is 14.5. The number of hydrogen-bond acceptors (Lipinski definition) is 7. The molecule has 3 atom stereocenters. The number of halogens is 1. The lowest BCUT2D eigenvalue weighted by Gasteiger charge is -2.34. The molecule has 1 aliphatic carbocycles. The Labute approximate surface area is 243 Å². The molecule has 1 saturated carbocycles. The number of pyridine rings is 1. The molecule has 3 N–H and O–H groups in total. The Morgan fingerprint density at radius 2 is 1.95 bits per heavy atom. The predicted octanol–water partition coefficient (Wildman–Crippen LogP) is 4.08. The van der Waals surface area contributed by atoms with E-state index >= 15 is 0 Å². The summed E-state index contributed by atoms with van der Waals surface area (Å²) in [5, 5.41) is 8.52. The van der Waals surface area contributed by atoms with Crippen LogP contribution in [0.25, 0.3) is 0 Å². The van der Waals surface area contributed by atoms with Gasteiger partial charge in [0.05, 0.1) is 12.0 Å². The Bertz CT molecular complexity index is 1540. The fourth-order valence-corrected chi connectivity index (χ4v) is 6.13. The van der Waals surface area contributed by atoms with Gasteiger partial charge in [-0.15, -0.1) is 0 Å². The molecule has 3 amide bonds. The highest BCUT2D eigenvalue weighted by Gasteiger charge is 2.59. The number of fused-ring (bicyclic) bond motifs is 4. The van der Waals surface area contributed by atoms with Gasteiger partial charge in [0, 0.05) is 67.7 Å². The largest absolute Gasteiger partial charge is 0.487 e. The lowest BCUT2D eigenvalue weighted by atomic mass is 10.1. The number of piperazine rings is 1. The van der Waals surface area contributed by atoms with Crippen LogP contribution in [0.15, 0.2) is 48.7 Å². The fraction of sp³-hybridized carbons (Fsp3) is 0.387. The summed E-state index contributed by atoms with van der Waals surface area (Å²) in [6, 6.07) is 11.7. The van der Waals surface area contributed by atoms with Crippen LogP contribution in [0.4, 0.5) is 20.7 Å². The number of ether oxygens (including phenoxy) is 2. The third-order valence-corrected chi connectivity index (χ3v) is 8.57. The second-order valence-corrected chi connectivity index (χ2v) is 11.2. The van der Waals surface area contributed by atoms with E-state index in [4.69, 9.17) is 9.47 Å². The third kappa shape index (κ3) is 5.25. The van der Waals surface area contributed by atoms with Crippen LogP contribution in [0, 0.1) is 5.82 Å². The van der Waals surface area contributed by atoms with Crippen LogP contribution in [0.5, 0.6) is 17.2 Å². The predicted molar refractivity (Wildman–Crippen MR) is 155 cm³/mol. The summed E-state index contributed by atoms with van der Waals surface area (Å²) in [6.45, 7) is 7.59. The zero-order valence-corrected chi connectivity index (χ0v) is 23.4. The fourth-order valence-electron chi connectivity index (χ4n) is 6.13. The molecule has 42 heavy (non-hydrogen) atoms. The number of anilines is 2. The molecule has 1 aromatic heterocycles. The average Bonchev–Trinajstić information content (AvgIpc) is 3.50. The van der Waals surface area contributed by atoms with E-state index in [1.165, 1.54) is 6.07 Å². The van der Waals surface area contributed by atoms with Gasteiger partial charge < -0.3 is 30.3 Å². The van der Waals surface area contributed by atoms with Crippen molar-refractivity contribution in [2.45, 2.75) is 44.4 Å². The number of likely N-dealkylation sites (N-methyl/N-ethyl adjacent to an activating group) is 1. The zero-order valence-electron chi connectivity index (χ0n) is 23.4. The van der Waals surface area contributed by atoms with Crippen LogP contribution in [0.1, 0.15) is 36.0 Å². The second-order valence-electron chi connectivity index (χ2n) is 11.2. The monoisotopic (exact) mass is 572 g/mol. The highest BCUT2D eigenvalue weighted by atomic mass is 19.1. The summed E-state index contributed by atoms with van der Waals surface area (Å²) in [6.07, 6.45) is 2.41. The SMILES string of the molecule is CCN1CCN(Cc2ccc(NC(=O)N[C@H]3[C@H]4Oc5ccc(Oc6ccnc7c6CCC(=O)N7)cc5[C@@H]34)cc2F)CC1. The van der Waals surface area contributed by atoms with Crippen molar-refractivity contribution in [3.8, 4) is 17.2 Å². The molecular weight excluding hydrogens is 539 g/mol. The number of amides is 3. The number of nitrogens with zero attached hydrogens (tertiary/aromatic N) is 3. The number of hydrogen-bond donors (Lipinski definition) is 3. The molecule has 7 rings (SSSR count). The second kappa shape index (κ2) is 10.9. The maximum absolute atomic E-state index is 14.9. The van der Waals surface area contributed by atoms with Crippen molar-refractivity contribution < 1.29 is 23.5 Å². The average molecular weight is 573 g/mol. The van der Waals surface area contributed by atoms with Crippen molar-refractivity contribution in [3.05, 3.63) is 71.2 Å². The van der Waals surface area contributed by atoms with Crippen molar-refractivity contribution in [3.63, 3.8) is 0 Å². The number of nitrogens with one attached hydrogen (secondary N) is 3. The van der Waals surface area contributed by atoms with Gasteiger partial charge in [-0.3, -0.25) is 9.69 Å². The van der Waals surface area contributed by atoms with Gasteiger partial charge in [-0.2, -0.15) is 0 Å². The standard InChI is InChI=1S/C31H33FN6O4/c1-2-37-11-13-38(14-12-37)17-18-3-4-19(15-23(18)32)34-31(40)36-28-27-22-16-20(5-7-24(22)42-29(27)28)41-25-9-10-33-30-21(25)6-8-26(39)35-30/h3-5,7,9-10,15-16,27-29H,2,6,8,11-14,17H2,1H3,(H,33,35,39)(H2,34,36,40)/t27-,28+,29-/m0/s1. The van der Waals surface area contributed by atoms with Gasteiger partial charge in [-0.1, -0.05) is 13.0 Å². The normalized spacial score (nSPS) is 22.7. The maximum atomic E-state index is 14.9. The van der Waals surface area contributed by atoms with Gasteiger partial charge in [0.2, 0.25) is 5.91 Å². The van der Waals surface area contributed by atoms with Crippen LogP contribution >= 0.6 is 0 Å². The van der Waals surface area contributed by atoms with E-state index in [0.717, 1.165) is 49.6 Å². The van der Waals surface area contributed by atoms with Crippen molar-refractivity contribution in [1.82, 2.24) is 20.1 Å². The molecule has 0 radical (unpaired) electrons. The van der Waals surface area contributed by atoms with Crippen molar-refractivity contribution >= 4 is 23.4 Å². The summed E-state index contributed by atoms with van der Waals surface area (Å²) in [5.74, 6) is 2.23. The molecule has 3 aliphatic heterocycles. The highest BCUT2D eigenvalue weighted by Crippen LogP contribution is 2.54. The molecular formula is C31H33FN6O4. The Balaban J connectivity index is 0.953. The minimum absolute atomic E-state index is 0.00669. The topological polar surface area (TPSA) is 108 Å². The van der Waals surface area contributed by atoms with Crippen LogP contribution < -0.4 is 25.4 Å². The number of aromatic nitrogens is 1. The Hall–Kier alpha value is -4.22. The number of carbonyl (C=O) groups excluding carboxylic acids is 2. The van der Waals surface area contributed by atoms with Crippen molar-refractivity contribution in [2.24, 2.45) is 0 Å². The van der Waals surface area contributed by atoms with Crippen LogP contribution in [0.2, 0.25) is 0 Å². The van der Waals surface area contributed by atoms with E-state index < -0.39 is 6.03 Å². The van der Waals surface area contributed by atoms with Gasteiger partial charge in [0.25, 0.3) is 0 Å². The quantitative estimate of drug-likeness (QED) is 0.392. The first kappa shape index (κ1) is 26.7. The van der Waals surface area contributed by atoms with E-state index in [1.54, 1.807) is 24.4 Å². The van der Waals surface area contributed by atoms with Crippen molar-refractivity contribution in [1.29, 1.82) is 0 Å². The Morgan fingerprint density at radius 3 is 2.76 bits per heavy atom. The summed E-state index contributed by atoms with van der Waals surface area (Å²) < 4.78 is 27.1. The maximum Gasteiger partial charge on any atom is 0.319 e. The van der Waals surface area contributed by atoms with Gasteiger partial charge in [0.1, 0.15) is 35.0 Å². The highest BCUT2D eigenvalue weighted by molar-refractivity contribution is 5.93. The smallest absolute Gasteiger partial charge is 0.319 e. The summed E-state index contributed by atoms with van der Waals surface area (Å²) in [7, 11) is 0. The van der Waals surface area contributed by atoms with Crippen LogP contribution in [-0.4, -0.2) is 71.6 Å². The van der Waals surface area contributed by atoms with Gasteiger partial charge >= 0.3 is 6.03 Å². The van der Waals surface area contributed by atoms with Crippen LogP contribution in [-0.2, 0) is 17.8 Å². The third-order valence-electron chi connectivity index (χ3n) is 8.57. The molecule has 1 saturated heterocycles. The number of carbonyl (C=O) groups is 2. The van der Waals surface area contributed by atoms with Gasteiger partial charge in [-0.25, -0.2) is 14.2 Å². The number of benzene rings is 2. The van der Waals surface area contributed by atoms with Gasteiger partial charge in [0.15, 0.2) is 0 Å². The molecule has 4 aliphatic rings. The molecule has 2 aromatic carbocycles. The first-order chi connectivity index (χ1) is 20.4. The number of rotatable bonds is 7. The zero-order chi connectivity index (χ0) is 28.8. The van der Waals surface area contributed by atoms with Crippen molar-refractivity contribution in [2.75, 3.05) is 43.4 Å². The summed E-state index contributed by atoms with van der Waals surface area (Å²) >= 11 is 0. The van der Waals surface area contributed by atoms with E-state index in [0.29, 0.717) is 48.0 Å². The lowest BCUT2D eigenvalue weighted by molar-refractivity contribution is -0.116. The van der Waals surface area contributed by atoms with E-state index in [2.05, 4.69) is 37.7 Å². The van der Waals surface area contributed by atoms with Crippen LogP contribution in [0.3, 0.4) is 0 Å². The Morgan fingerprint density at radius 1 is 1.12 bits per heavy atom. The molecule has 3 aromatic rings. The molecule has 0 bridgehead atoms. The Kier molecular flexibility index (Phi) is 6.91. The number of urea groups is 1. The van der Waals surface area contributed by atoms with E-state index in [9.17, 15) is 14.0 Å². The van der Waals surface area contributed by atoms with E-state index in [1.807, 2.05) is 18.2 Å². The van der Waals surface area contributed by atoms with Gasteiger partial charge in [-0.05, 0) is 49.4 Å². The molecule has 0 unspecified atom stereocenters. The minimum Gasteiger partial charge on any atom is -0.487 e. The lowest BCUT2D eigenvalue weighted by Crippen LogP contribution is -2.45. The molecule has 10 nitrogen and oxygen atoms in total. The molecule has 218 valence electrons.